The molecule has 0 saturated carbocycles. The average molecular weight is 908 g/mol. The van der Waals surface area contributed by atoms with Gasteiger partial charge in [-0.1, -0.05) is 89.1 Å². The number of ether oxygens (including phenoxy) is 8. The molecule has 3 aliphatic rings. The number of aliphatic hydroxyl groups is 4. The van der Waals surface area contributed by atoms with Crippen molar-refractivity contribution >= 4 is 18.0 Å². The van der Waals surface area contributed by atoms with Crippen LogP contribution in [0.2, 0.25) is 0 Å². The summed E-state index contributed by atoms with van der Waals surface area (Å²) in [7, 11) is 2.80. The molecule has 2 saturated heterocycles. The van der Waals surface area contributed by atoms with Crippen LogP contribution >= 0.6 is 0 Å². The Bertz CT molecular complexity index is 1690. The lowest BCUT2D eigenvalue weighted by Crippen LogP contribution is -2.59. The molecule has 16 heteroatoms. The second-order valence-electron chi connectivity index (χ2n) is 18.1. The fourth-order valence-corrected chi connectivity index (χ4v) is 9.25. The minimum absolute atomic E-state index is 0.00391. The van der Waals surface area contributed by atoms with Crippen molar-refractivity contribution in [1.29, 1.82) is 0 Å². The average Bonchev–Trinajstić information content (AvgIpc) is 3.22. The van der Waals surface area contributed by atoms with E-state index in [0.29, 0.717) is 18.4 Å². The molecule has 0 spiro atoms. The lowest BCUT2D eigenvalue weighted by molar-refractivity contribution is -0.339. The summed E-state index contributed by atoms with van der Waals surface area (Å²) < 4.78 is 47.3. The lowest BCUT2D eigenvalue weighted by atomic mass is 9.77. The molecule has 364 valence electrons. The lowest BCUT2D eigenvalue weighted by Gasteiger charge is -2.50. The van der Waals surface area contributed by atoms with Gasteiger partial charge in [0.1, 0.15) is 18.3 Å². The van der Waals surface area contributed by atoms with Gasteiger partial charge in [-0.2, -0.15) is 0 Å². The standard InChI is InChI=1S/C48H77NO15/c1-14-17-35-29(7)39(61-40-23-37(60-33(11)50)45(32(10)59-40)63-47(49)55)24-48(56,64-35)31(9)43(53)30(8)44-36(57-12)19-16-18-25(3)20-27(5)41(51)34(15-2)42(52)28(6)21-26(4)22-38(58-13)46(54)62-44/h14,16-19,21-22,27-32,34-37,39-45,51-53,56H,15,20,23-24H2,1-13H3,(H2,49,55)/b17-14+,19-16+,25-18+,26-21+,38-22-/t27-,28-,29-,30+,31+,32-,34+,35-,36+,37-,39-,40+,41+,42-,43-,44-,45-,48-/m1/s1. The summed E-state index contributed by atoms with van der Waals surface area (Å²) in [6.45, 7) is 19.4. The van der Waals surface area contributed by atoms with Gasteiger partial charge in [-0.15, -0.1) is 0 Å². The number of nitrogens with two attached hydrogens (primary N) is 1. The highest BCUT2D eigenvalue weighted by Gasteiger charge is 2.53. The molecule has 0 aromatic rings. The van der Waals surface area contributed by atoms with Gasteiger partial charge in [-0.25, -0.2) is 9.59 Å². The quantitative estimate of drug-likeness (QED) is 0.0918. The Hall–Kier alpha value is -3.61. The van der Waals surface area contributed by atoms with Crippen LogP contribution in [0.25, 0.3) is 0 Å². The summed E-state index contributed by atoms with van der Waals surface area (Å²) in [6, 6.07) is 0. The molecule has 0 bridgehead atoms. The Morgan fingerprint density at radius 1 is 1.06 bits per heavy atom. The van der Waals surface area contributed by atoms with Crippen molar-refractivity contribution in [3.05, 3.63) is 59.4 Å². The normalized spacial score (nSPS) is 40.6. The summed E-state index contributed by atoms with van der Waals surface area (Å²) in [5.74, 6) is -6.74. The maximum absolute atomic E-state index is 14.0. The molecule has 1 amide bonds. The molecule has 0 aromatic heterocycles. The van der Waals surface area contributed by atoms with Crippen molar-refractivity contribution in [3.8, 4) is 0 Å². The van der Waals surface area contributed by atoms with Crippen LogP contribution in [0.1, 0.15) is 102 Å². The smallest absolute Gasteiger partial charge is 0.404 e. The molecule has 0 aromatic carbocycles. The Balaban J connectivity index is 2.02. The minimum Gasteiger partial charge on any atom is -0.490 e. The van der Waals surface area contributed by atoms with Crippen LogP contribution in [-0.4, -0.2) is 126 Å². The first-order chi connectivity index (χ1) is 30.0. The van der Waals surface area contributed by atoms with Crippen molar-refractivity contribution in [1.82, 2.24) is 0 Å². The summed E-state index contributed by atoms with van der Waals surface area (Å²) in [4.78, 5) is 37.7. The highest BCUT2D eigenvalue weighted by Crippen LogP contribution is 2.42. The van der Waals surface area contributed by atoms with Crippen LogP contribution in [0.3, 0.4) is 0 Å². The number of rotatable bonds is 12. The third-order valence-corrected chi connectivity index (χ3v) is 13.1. The zero-order valence-corrected chi connectivity index (χ0v) is 40.0. The number of carbonyl (C=O) groups excluding carboxylic acids is 3. The third kappa shape index (κ3) is 14.4. The van der Waals surface area contributed by atoms with Gasteiger partial charge in [0, 0.05) is 56.5 Å². The number of cyclic esters (lactones) is 1. The third-order valence-electron chi connectivity index (χ3n) is 13.1. The summed E-state index contributed by atoms with van der Waals surface area (Å²) in [5.41, 5.74) is 6.87. The Morgan fingerprint density at radius 2 is 1.73 bits per heavy atom. The van der Waals surface area contributed by atoms with E-state index in [9.17, 15) is 34.8 Å². The molecule has 0 radical (unpaired) electrons. The molecule has 18 atom stereocenters. The monoisotopic (exact) mass is 908 g/mol. The van der Waals surface area contributed by atoms with E-state index in [2.05, 4.69) is 0 Å². The number of esters is 2. The first-order valence-electron chi connectivity index (χ1n) is 22.5. The van der Waals surface area contributed by atoms with E-state index in [0.717, 1.165) is 5.57 Å². The van der Waals surface area contributed by atoms with Gasteiger partial charge in [0.25, 0.3) is 0 Å². The first-order valence-corrected chi connectivity index (χ1v) is 22.5. The van der Waals surface area contributed by atoms with Crippen LogP contribution in [0.5, 0.6) is 0 Å². The van der Waals surface area contributed by atoms with Gasteiger partial charge in [-0.3, -0.25) is 4.79 Å². The number of amides is 1. The van der Waals surface area contributed by atoms with E-state index in [1.807, 2.05) is 53.7 Å². The molecule has 3 heterocycles. The summed E-state index contributed by atoms with van der Waals surface area (Å²) in [5, 5.41) is 47.5. The maximum atomic E-state index is 14.0. The topological polar surface area (TPSA) is 232 Å². The van der Waals surface area contributed by atoms with Gasteiger partial charge in [-0.05, 0) is 52.5 Å². The van der Waals surface area contributed by atoms with Crippen molar-refractivity contribution in [2.45, 2.75) is 175 Å². The van der Waals surface area contributed by atoms with E-state index in [-0.39, 0.29) is 42.3 Å². The number of hydrogen-bond acceptors (Lipinski definition) is 15. The Labute approximate surface area is 379 Å². The van der Waals surface area contributed by atoms with Crippen molar-refractivity contribution in [2.75, 3.05) is 14.2 Å². The number of primary amides is 1. The molecule has 3 aliphatic heterocycles. The number of methoxy groups -OCH3 is 2. The van der Waals surface area contributed by atoms with Gasteiger partial charge >= 0.3 is 18.0 Å². The zero-order chi connectivity index (χ0) is 48.2. The van der Waals surface area contributed by atoms with Gasteiger partial charge in [0.2, 0.25) is 5.76 Å². The SMILES string of the molecule is C/C=C/[C@H]1O[C@@](O)([C@@H](C)[C@H](O)[C@H](C)[C@H]2OC(=O)/C(OC)=C/C(C)=C/[C@@H](C)[C@@H](O)[C@@H](CC)[C@@H](O)[C@H](C)C/C(C)=C/C=C/[C@@H]2OC)C[C@@H](O[C@H]2C[C@@H](OC(C)=O)[C@H](OC(N)=O)[C@@H](C)O2)[C@@H]1C. The Morgan fingerprint density at radius 3 is 2.31 bits per heavy atom. The second kappa shape index (κ2) is 24.8. The van der Waals surface area contributed by atoms with E-state index in [1.54, 1.807) is 52.0 Å². The molecule has 6 N–H and O–H groups in total. The largest absolute Gasteiger partial charge is 0.490 e. The summed E-state index contributed by atoms with van der Waals surface area (Å²) >= 11 is 0. The highest BCUT2D eigenvalue weighted by molar-refractivity contribution is 5.87. The van der Waals surface area contributed by atoms with E-state index >= 15 is 0 Å². The van der Waals surface area contributed by atoms with Crippen molar-refractivity contribution in [3.63, 3.8) is 0 Å². The number of allylic oxidation sites excluding steroid dienone is 6. The van der Waals surface area contributed by atoms with Crippen LogP contribution in [-0.2, 0) is 47.5 Å². The highest BCUT2D eigenvalue weighted by atomic mass is 16.7. The van der Waals surface area contributed by atoms with E-state index in [4.69, 9.17) is 43.6 Å². The molecule has 2 fully saturated rings. The minimum atomic E-state index is -2.00. The number of hydrogen-bond donors (Lipinski definition) is 5. The van der Waals surface area contributed by atoms with Crippen molar-refractivity contribution < 1.29 is 72.7 Å². The van der Waals surface area contributed by atoms with E-state index in [1.165, 1.54) is 27.2 Å². The fourth-order valence-electron chi connectivity index (χ4n) is 9.25. The van der Waals surface area contributed by atoms with Crippen LogP contribution < -0.4 is 5.73 Å². The fraction of sp³-hybridized carbons (Fsp3) is 0.729. The van der Waals surface area contributed by atoms with Crippen molar-refractivity contribution in [2.24, 2.45) is 41.2 Å². The predicted molar refractivity (Wildman–Crippen MR) is 238 cm³/mol. The van der Waals surface area contributed by atoms with Crippen LogP contribution in [0.15, 0.2) is 59.4 Å². The van der Waals surface area contributed by atoms with Gasteiger partial charge in [0.05, 0.1) is 43.7 Å². The van der Waals surface area contributed by atoms with Crippen LogP contribution in [0, 0.1) is 35.5 Å². The van der Waals surface area contributed by atoms with Crippen LogP contribution in [0.4, 0.5) is 4.79 Å². The predicted octanol–water partition coefficient (Wildman–Crippen LogP) is 5.55. The maximum Gasteiger partial charge on any atom is 0.404 e. The summed E-state index contributed by atoms with van der Waals surface area (Å²) in [6.07, 6.45) is 2.13. The molecular weight excluding hydrogens is 831 g/mol. The Kier molecular flexibility index (Phi) is 21.2. The molecule has 3 rings (SSSR count). The number of aliphatic hydroxyl groups excluding tert-OH is 3. The number of carbonyl (C=O) groups is 3. The first kappa shape index (κ1) is 54.7. The zero-order valence-electron chi connectivity index (χ0n) is 40.0. The molecule has 0 unspecified atom stereocenters. The molecule has 16 nitrogen and oxygen atoms in total. The van der Waals surface area contributed by atoms with Gasteiger partial charge < -0.3 is 64.1 Å². The van der Waals surface area contributed by atoms with E-state index < -0.39 is 103 Å². The second-order valence-corrected chi connectivity index (χ2v) is 18.1. The molecule has 64 heavy (non-hydrogen) atoms. The molecule has 0 aliphatic carbocycles. The van der Waals surface area contributed by atoms with Gasteiger partial charge in [0.15, 0.2) is 18.2 Å². The molecular formula is C48H77NO15.